The molecule has 0 aliphatic heterocycles. The zero-order valence-corrected chi connectivity index (χ0v) is 13.2. The monoisotopic (exact) mass is 310 g/mol. The summed E-state index contributed by atoms with van der Waals surface area (Å²) < 4.78 is 5.70. The Balaban J connectivity index is 1.72. The van der Waals surface area contributed by atoms with Crippen molar-refractivity contribution in [1.82, 2.24) is 0 Å². The molecule has 1 atom stereocenters. The highest BCUT2D eigenvalue weighted by Crippen LogP contribution is 2.33. The van der Waals surface area contributed by atoms with E-state index in [0.29, 0.717) is 17.2 Å². The van der Waals surface area contributed by atoms with Crippen molar-refractivity contribution in [3.05, 3.63) is 65.7 Å². The van der Waals surface area contributed by atoms with Crippen LogP contribution in [0.5, 0.6) is 5.75 Å². The number of hydrogen-bond donors (Lipinski definition) is 1. The van der Waals surface area contributed by atoms with Gasteiger partial charge in [-0.1, -0.05) is 61.7 Å². The number of rotatable bonds is 5. The highest BCUT2D eigenvalue weighted by Gasteiger charge is 2.22. The van der Waals surface area contributed by atoms with E-state index in [4.69, 9.17) is 4.74 Å². The van der Waals surface area contributed by atoms with Gasteiger partial charge in [0.05, 0.1) is 0 Å². The molecule has 0 spiro atoms. The lowest BCUT2D eigenvalue weighted by Gasteiger charge is -2.22. The number of benzene rings is 2. The Morgan fingerprint density at radius 2 is 1.61 bits per heavy atom. The van der Waals surface area contributed by atoms with Crippen LogP contribution in [0.1, 0.15) is 55.3 Å². The fraction of sp³-hybridized carbons (Fsp3) is 0.350. The molecule has 2 aromatic rings. The molecule has 3 nitrogen and oxygen atoms in total. The van der Waals surface area contributed by atoms with E-state index in [1.54, 1.807) is 12.1 Å². The molecule has 0 amide bonds. The van der Waals surface area contributed by atoms with Gasteiger partial charge in [-0.05, 0) is 36.5 Å². The topological polar surface area (TPSA) is 46.5 Å². The molecule has 120 valence electrons. The molecule has 1 N–H and O–H groups in total. The van der Waals surface area contributed by atoms with Crippen molar-refractivity contribution in [2.24, 2.45) is 0 Å². The van der Waals surface area contributed by atoms with E-state index in [1.165, 1.54) is 37.7 Å². The first-order valence-electron chi connectivity index (χ1n) is 8.28. The van der Waals surface area contributed by atoms with Gasteiger partial charge >= 0.3 is 5.97 Å². The van der Waals surface area contributed by atoms with Crippen molar-refractivity contribution in [2.45, 2.75) is 44.1 Å². The van der Waals surface area contributed by atoms with E-state index < -0.39 is 12.1 Å². The molecule has 1 aliphatic carbocycles. The first-order chi connectivity index (χ1) is 11.2. The predicted molar refractivity (Wildman–Crippen MR) is 89.7 cm³/mol. The number of carboxylic acids is 1. The predicted octanol–water partition coefficient (Wildman–Crippen LogP) is 4.94. The molecule has 23 heavy (non-hydrogen) atoms. The fourth-order valence-electron chi connectivity index (χ4n) is 3.28. The standard InChI is InChI=1S/C20H22O3/c21-20(22)19(17-9-5-2-6-10-17)23-18-13-11-16(12-14-18)15-7-3-1-4-8-15/h2,5-6,9-15,19H,1,3-4,7-8H2,(H,21,22). The molecule has 1 fully saturated rings. The summed E-state index contributed by atoms with van der Waals surface area (Å²) in [4.78, 5) is 11.5. The third kappa shape index (κ3) is 3.92. The highest BCUT2D eigenvalue weighted by molar-refractivity contribution is 5.74. The van der Waals surface area contributed by atoms with Gasteiger partial charge in [-0.15, -0.1) is 0 Å². The largest absolute Gasteiger partial charge is 0.478 e. The van der Waals surface area contributed by atoms with Gasteiger partial charge in [0.25, 0.3) is 0 Å². The van der Waals surface area contributed by atoms with Gasteiger partial charge in [0.1, 0.15) is 5.75 Å². The quantitative estimate of drug-likeness (QED) is 0.851. The van der Waals surface area contributed by atoms with Crippen LogP contribution < -0.4 is 4.74 Å². The van der Waals surface area contributed by atoms with Gasteiger partial charge in [0, 0.05) is 5.56 Å². The summed E-state index contributed by atoms with van der Waals surface area (Å²) in [5.74, 6) is 0.260. The Hall–Kier alpha value is -2.29. The molecule has 3 rings (SSSR count). The van der Waals surface area contributed by atoms with Crippen LogP contribution in [0.3, 0.4) is 0 Å². The zero-order chi connectivity index (χ0) is 16.1. The van der Waals surface area contributed by atoms with Crippen molar-refractivity contribution >= 4 is 5.97 Å². The highest BCUT2D eigenvalue weighted by atomic mass is 16.5. The summed E-state index contributed by atoms with van der Waals surface area (Å²) in [6, 6.07) is 17.0. The smallest absolute Gasteiger partial charge is 0.349 e. The van der Waals surface area contributed by atoms with Gasteiger partial charge in [-0.2, -0.15) is 0 Å². The lowest BCUT2D eigenvalue weighted by molar-refractivity contribution is -0.145. The molecule has 3 heteroatoms. The number of ether oxygens (including phenoxy) is 1. The molecule has 0 radical (unpaired) electrons. The molecule has 2 aromatic carbocycles. The van der Waals surface area contributed by atoms with Crippen LogP contribution in [0.2, 0.25) is 0 Å². The van der Waals surface area contributed by atoms with Crippen LogP contribution in [-0.4, -0.2) is 11.1 Å². The molecule has 0 heterocycles. The summed E-state index contributed by atoms with van der Waals surface area (Å²) in [6.45, 7) is 0. The lowest BCUT2D eigenvalue weighted by Crippen LogP contribution is -2.18. The second kappa shape index (κ2) is 7.32. The van der Waals surface area contributed by atoms with E-state index in [2.05, 4.69) is 12.1 Å². The van der Waals surface area contributed by atoms with Gasteiger partial charge in [-0.25, -0.2) is 4.79 Å². The number of hydrogen-bond acceptors (Lipinski definition) is 2. The number of carbonyl (C=O) groups is 1. The maximum atomic E-state index is 11.5. The first kappa shape index (κ1) is 15.6. The molecule has 1 saturated carbocycles. The molecule has 0 aromatic heterocycles. The minimum Gasteiger partial charge on any atom is -0.478 e. The Bertz CT molecular complexity index is 628. The van der Waals surface area contributed by atoms with Crippen LogP contribution in [0.4, 0.5) is 0 Å². The minimum atomic E-state index is -0.979. The summed E-state index contributed by atoms with van der Waals surface area (Å²) in [7, 11) is 0. The molecule has 1 unspecified atom stereocenters. The SMILES string of the molecule is O=C(O)C(Oc1ccc(C2CCCCC2)cc1)c1ccccc1. The van der Waals surface area contributed by atoms with Gasteiger partial charge in [0.2, 0.25) is 6.10 Å². The normalized spacial score (nSPS) is 16.7. The van der Waals surface area contributed by atoms with E-state index >= 15 is 0 Å². The summed E-state index contributed by atoms with van der Waals surface area (Å²) in [5, 5.41) is 9.42. The Kier molecular flexibility index (Phi) is 4.96. The van der Waals surface area contributed by atoms with Crippen molar-refractivity contribution in [3.63, 3.8) is 0 Å². The maximum Gasteiger partial charge on any atom is 0.349 e. The third-order valence-electron chi connectivity index (χ3n) is 4.54. The fourth-order valence-corrected chi connectivity index (χ4v) is 3.28. The van der Waals surface area contributed by atoms with Crippen molar-refractivity contribution in [1.29, 1.82) is 0 Å². The minimum absolute atomic E-state index is 0.598. The molecular formula is C20H22O3. The second-order valence-corrected chi connectivity index (χ2v) is 6.15. The Morgan fingerprint density at radius 1 is 0.957 bits per heavy atom. The van der Waals surface area contributed by atoms with Crippen molar-refractivity contribution < 1.29 is 14.6 Å². The van der Waals surface area contributed by atoms with Crippen molar-refractivity contribution in [2.75, 3.05) is 0 Å². The Labute approximate surface area is 136 Å². The molecular weight excluding hydrogens is 288 g/mol. The van der Waals surface area contributed by atoms with Gasteiger partial charge < -0.3 is 9.84 Å². The summed E-state index contributed by atoms with van der Waals surface area (Å²) in [6.07, 6.45) is 5.48. The van der Waals surface area contributed by atoms with Crippen LogP contribution in [0.25, 0.3) is 0 Å². The average molecular weight is 310 g/mol. The summed E-state index contributed by atoms with van der Waals surface area (Å²) >= 11 is 0. The summed E-state index contributed by atoms with van der Waals surface area (Å²) in [5.41, 5.74) is 1.99. The van der Waals surface area contributed by atoms with Crippen LogP contribution >= 0.6 is 0 Å². The van der Waals surface area contributed by atoms with E-state index in [-0.39, 0.29) is 0 Å². The number of carboxylic acid groups (broad SMARTS) is 1. The van der Waals surface area contributed by atoms with Crippen LogP contribution in [-0.2, 0) is 4.79 Å². The van der Waals surface area contributed by atoms with Gasteiger partial charge in [-0.3, -0.25) is 0 Å². The number of aliphatic carboxylic acids is 1. The molecule has 0 saturated heterocycles. The van der Waals surface area contributed by atoms with E-state index in [0.717, 1.165) is 0 Å². The van der Waals surface area contributed by atoms with Crippen LogP contribution in [0, 0.1) is 0 Å². The third-order valence-corrected chi connectivity index (χ3v) is 4.54. The second-order valence-electron chi connectivity index (χ2n) is 6.15. The lowest BCUT2D eigenvalue weighted by atomic mass is 9.84. The maximum absolute atomic E-state index is 11.5. The average Bonchev–Trinajstić information content (AvgIpc) is 2.61. The van der Waals surface area contributed by atoms with E-state index in [1.807, 2.05) is 30.3 Å². The molecule has 1 aliphatic rings. The van der Waals surface area contributed by atoms with Gasteiger partial charge in [0.15, 0.2) is 0 Å². The Morgan fingerprint density at radius 3 is 2.22 bits per heavy atom. The van der Waals surface area contributed by atoms with E-state index in [9.17, 15) is 9.90 Å². The molecule has 0 bridgehead atoms. The van der Waals surface area contributed by atoms with Crippen LogP contribution in [0.15, 0.2) is 54.6 Å². The van der Waals surface area contributed by atoms with Crippen molar-refractivity contribution in [3.8, 4) is 5.75 Å². The zero-order valence-electron chi connectivity index (χ0n) is 13.2. The first-order valence-corrected chi connectivity index (χ1v) is 8.28.